The van der Waals surface area contributed by atoms with E-state index in [1.807, 2.05) is 11.8 Å². The molecule has 1 N–H and O–H groups in total. The van der Waals surface area contributed by atoms with Crippen LogP contribution in [0.15, 0.2) is 29.8 Å². The number of halogens is 2. The zero-order chi connectivity index (χ0) is 19.4. The minimum atomic E-state index is -2.66. The molecule has 9 nitrogen and oxygen atoms in total. The molecular weight excluding hydrogens is 358 g/mol. The lowest BCUT2D eigenvalue weighted by atomic mass is 10.3. The standard InChI is InChI=1S/C16H22F2N8O/c1-3-19-16(21-9-13-20-4-5-26(13)15(17)18)24-6-7-25(14(27)11-24)12-8-22-23(2)10-12/h4-5,8,10,15H,3,6-7,9,11H2,1-2H3,(H,19,21). The fraction of sp³-hybridized carbons (Fsp3) is 0.500. The highest BCUT2D eigenvalue weighted by molar-refractivity contribution is 5.98. The van der Waals surface area contributed by atoms with E-state index >= 15 is 0 Å². The van der Waals surface area contributed by atoms with Gasteiger partial charge >= 0.3 is 6.55 Å². The number of aliphatic imine (C=N–C) groups is 1. The number of piperazine rings is 1. The van der Waals surface area contributed by atoms with E-state index in [4.69, 9.17) is 0 Å². The SMILES string of the molecule is CCNC(=NCc1nccn1C(F)F)N1CCN(c2cnn(C)c2)C(=O)C1. The number of imidazole rings is 1. The minimum Gasteiger partial charge on any atom is -0.356 e. The summed E-state index contributed by atoms with van der Waals surface area (Å²) in [4.78, 5) is 24.4. The predicted molar refractivity (Wildman–Crippen MR) is 95.4 cm³/mol. The molecule has 2 aromatic rings. The number of carbonyl (C=O) groups is 1. The van der Waals surface area contributed by atoms with Crippen LogP contribution in [0.5, 0.6) is 0 Å². The second-order valence-electron chi connectivity index (χ2n) is 6.04. The second-order valence-corrected chi connectivity index (χ2v) is 6.04. The van der Waals surface area contributed by atoms with Crippen LogP contribution in [0.1, 0.15) is 19.3 Å². The molecule has 3 rings (SSSR count). The van der Waals surface area contributed by atoms with E-state index < -0.39 is 6.55 Å². The minimum absolute atomic E-state index is 0.00329. The Labute approximate surface area is 155 Å². The maximum Gasteiger partial charge on any atom is 0.319 e. The van der Waals surface area contributed by atoms with E-state index in [0.29, 0.717) is 25.6 Å². The van der Waals surface area contributed by atoms with Crippen LogP contribution in [0.25, 0.3) is 0 Å². The molecule has 0 unspecified atom stereocenters. The van der Waals surface area contributed by atoms with Crippen LogP contribution in [0, 0.1) is 0 Å². The normalized spacial score (nSPS) is 15.7. The van der Waals surface area contributed by atoms with Gasteiger partial charge in [0.25, 0.3) is 0 Å². The molecule has 1 aliphatic rings. The van der Waals surface area contributed by atoms with Crippen molar-refractivity contribution in [1.82, 2.24) is 29.5 Å². The van der Waals surface area contributed by atoms with Crippen molar-refractivity contribution in [3.63, 3.8) is 0 Å². The number of amides is 1. The third-order valence-corrected chi connectivity index (χ3v) is 4.19. The summed E-state index contributed by atoms with van der Waals surface area (Å²) in [7, 11) is 1.80. The fourth-order valence-corrected chi connectivity index (χ4v) is 2.89. The molecule has 1 saturated heterocycles. The number of anilines is 1. The van der Waals surface area contributed by atoms with E-state index in [9.17, 15) is 13.6 Å². The van der Waals surface area contributed by atoms with Crippen LogP contribution >= 0.6 is 0 Å². The Balaban J connectivity index is 1.70. The third-order valence-electron chi connectivity index (χ3n) is 4.19. The molecule has 11 heteroatoms. The molecule has 0 saturated carbocycles. The lowest BCUT2D eigenvalue weighted by Crippen LogP contribution is -2.55. The van der Waals surface area contributed by atoms with E-state index in [-0.39, 0.29) is 24.8 Å². The molecule has 2 aromatic heterocycles. The molecular formula is C16H22F2N8O. The molecule has 3 heterocycles. The first kappa shape index (κ1) is 18.8. The molecule has 1 fully saturated rings. The molecule has 0 aliphatic carbocycles. The lowest BCUT2D eigenvalue weighted by Gasteiger charge is -2.35. The van der Waals surface area contributed by atoms with Gasteiger partial charge in [-0.2, -0.15) is 13.9 Å². The number of nitrogens with zero attached hydrogens (tertiary/aromatic N) is 7. The van der Waals surface area contributed by atoms with Crippen LogP contribution in [-0.2, 0) is 18.4 Å². The van der Waals surface area contributed by atoms with Crippen molar-refractivity contribution in [3.05, 3.63) is 30.6 Å². The third kappa shape index (κ3) is 4.23. The number of carbonyl (C=O) groups excluding carboxylic acids is 1. The van der Waals surface area contributed by atoms with E-state index in [1.165, 1.54) is 12.4 Å². The van der Waals surface area contributed by atoms with E-state index in [0.717, 1.165) is 10.3 Å². The van der Waals surface area contributed by atoms with Gasteiger partial charge in [-0.05, 0) is 6.92 Å². The van der Waals surface area contributed by atoms with Crippen molar-refractivity contribution in [2.75, 3.05) is 31.1 Å². The van der Waals surface area contributed by atoms with Crippen LogP contribution in [0.3, 0.4) is 0 Å². The number of hydrogen-bond acceptors (Lipinski definition) is 4. The highest BCUT2D eigenvalue weighted by atomic mass is 19.3. The van der Waals surface area contributed by atoms with Gasteiger partial charge in [0.05, 0.1) is 11.9 Å². The van der Waals surface area contributed by atoms with Crippen LogP contribution in [0.2, 0.25) is 0 Å². The largest absolute Gasteiger partial charge is 0.356 e. The highest BCUT2D eigenvalue weighted by Gasteiger charge is 2.27. The predicted octanol–water partition coefficient (Wildman–Crippen LogP) is 0.826. The Hall–Kier alpha value is -2.98. The maximum atomic E-state index is 12.9. The number of aryl methyl sites for hydroxylation is 1. The first-order valence-corrected chi connectivity index (χ1v) is 8.61. The summed E-state index contributed by atoms with van der Waals surface area (Å²) in [5.41, 5.74) is 0.753. The molecule has 0 spiro atoms. The first-order chi connectivity index (χ1) is 13.0. The molecule has 27 heavy (non-hydrogen) atoms. The topological polar surface area (TPSA) is 83.6 Å². The summed E-state index contributed by atoms with van der Waals surface area (Å²) < 4.78 is 28.3. The number of alkyl halides is 2. The Kier molecular flexibility index (Phi) is 5.67. The summed E-state index contributed by atoms with van der Waals surface area (Å²) >= 11 is 0. The van der Waals surface area contributed by atoms with Gasteiger partial charge in [0, 0.05) is 45.3 Å². The van der Waals surface area contributed by atoms with Gasteiger partial charge in [-0.1, -0.05) is 0 Å². The maximum absolute atomic E-state index is 12.9. The van der Waals surface area contributed by atoms with Gasteiger partial charge < -0.3 is 15.1 Å². The zero-order valence-electron chi connectivity index (χ0n) is 15.2. The van der Waals surface area contributed by atoms with Gasteiger partial charge in [0.15, 0.2) is 5.96 Å². The van der Waals surface area contributed by atoms with Crippen molar-refractivity contribution in [1.29, 1.82) is 0 Å². The van der Waals surface area contributed by atoms with Crippen LogP contribution in [-0.4, -0.2) is 62.3 Å². The molecule has 1 aliphatic heterocycles. The Morgan fingerprint density at radius 2 is 2.22 bits per heavy atom. The quantitative estimate of drug-likeness (QED) is 0.614. The van der Waals surface area contributed by atoms with Crippen LogP contribution in [0.4, 0.5) is 14.5 Å². The molecule has 0 radical (unpaired) electrons. The molecule has 0 aromatic carbocycles. The molecule has 1 amide bonds. The summed E-state index contributed by atoms with van der Waals surface area (Å²) in [6.07, 6.45) is 5.98. The number of rotatable bonds is 5. The van der Waals surface area contributed by atoms with Gasteiger partial charge in [-0.25, -0.2) is 9.98 Å². The van der Waals surface area contributed by atoms with Crippen molar-refractivity contribution in [2.24, 2.45) is 12.0 Å². The number of hydrogen-bond donors (Lipinski definition) is 1. The Bertz CT molecular complexity index is 815. The van der Waals surface area contributed by atoms with Gasteiger partial charge in [0.2, 0.25) is 5.91 Å². The van der Waals surface area contributed by atoms with Crippen molar-refractivity contribution in [2.45, 2.75) is 20.0 Å². The van der Waals surface area contributed by atoms with Crippen molar-refractivity contribution >= 4 is 17.6 Å². The van der Waals surface area contributed by atoms with Gasteiger partial charge in [-0.3, -0.25) is 14.0 Å². The summed E-state index contributed by atoms with van der Waals surface area (Å²) in [5, 5.41) is 7.20. The Morgan fingerprint density at radius 3 is 2.85 bits per heavy atom. The lowest BCUT2D eigenvalue weighted by molar-refractivity contribution is -0.120. The molecule has 0 atom stereocenters. The van der Waals surface area contributed by atoms with Gasteiger partial charge in [0.1, 0.15) is 18.9 Å². The average Bonchev–Trinajstić information content (AvgIpc) is 3.27. The first-order valence-electron chi connectivity index (χ1n) is 8.61. The average molecular weight is 380 g/mol. The summed E-state index contributed by atoms with van der Waals surface area (Å²) in [6.45, 7) is 1.03. The molecule has 146 valence electrons. The number of guanidine groups is 1. The van der Waals surface area contributed by atoms with Crippen LogP contribution < -0.4 is 10.2 Å². The second kappa shape index (κ2) is 8.14. The number of nitrogens with one attached hydrogen (secondary N) is 1. The smallest absolute Gasteiger partial charge is 0.319 e. The van der Waals surface area contributed by atoms with E-state index in [2.05, 4.69) is 20.4 Å². The number of aromatic nitrogens is 4. The molecule has 0 bridgehead atoms. The van der Waals surface area contributed by atoms with Crippen molar-refractivity contribution < 1.29 is 13.6 Å². The monoisotopic (exact) mass is 380 g/mol. The summed E-state index contributed by atoms with van der Waals surface area (Å²) in [5.74, 6) is 0.593. The zero-order valence-corrected chi connectivity index (χ0v) is 15.2. The summed E-state index contributed by atoms with van der Waals surface area (Å²) in [6, 6.07) is 0. The fourth-order valence-electron chi connectivity index (χ4n) is 2.89. The Morgan fingerprint density at radius 1 is 1.41 bits per heavy atom. The highest BCUT2D eigenvalue weighted by Crippen LogP contribution is 2.17. The van der Waals surface area contributed by atoms with Crippen molar-refractivity contribution in [3.8, 4) is 0 Å². The van der Waals surface area contributed by atoms with E-state index in [1.54, 1.807) is 29.0 Å². The van der Waals surface area contributed by atoms with Gasteiger partial charge in [-0.15, -0.1) is 0 Å².